The number of rotatable bonds is 4. The minimum absolute atomic E-state index is 0.134. The van der Waals surface area contributed by atoms with Crippen LogP contribution in [0.5, 0.6) is 5.75 Å². The fourth-order valence-corrected chi connectivity index (χ4v) is 1.95. The first kappa shape index (κ1) is 12.6. The first-order valence-corrected chi connectivity index (χ1v) is 5.89. The summed E-state index contributed by atoms with van der Waals surface area (Å²) < 4.78 is 12.9. The van der Waals surface area contributed by atoms with Gasteiger partial charge >= 0.3 is 0 Å². The number of hydrogen-bond donors (Lipinski definition) is 2. The molecule has 0 bridgehead atoms. The van der Waals surface area contributed by atoms with Crippen molar-refractivity contribution in [2.24, 2.45) is 0 Å². The van der Waals surface area contributed by atoms with Gasteiger partial charge in [-0.1, -0.05) is 24.3 Å². The van der Waals surface area contributed by atoms with Crippen molar-refractivity contribution in [1.82, 2.24) is 5.32 Å². The second-order valence-electron chi connectivity index (χ2n) is 4.26. The van der Waals surface area contributed by atoms with Gasteiger partial charge in [0.05, 0.1) is 0 Å². The molecule has 3 heteroatoms. The summed E-state index contributed by atoms with van der Waals surface area (Å²) in [5.41, 5.74) is 2.17. The molecule has 2 N–H and O–H groups in total. The maximum absolute atomic E-state index is 12.9. The molecule has 2 aromatic carbocycles. The van der Waals surface area contributed by atoms with Gasteiger partial charge in [0.15, 0.2) is 0 Å². The molecule has 2 rings (SSSR count). The first-order chi connectivity index (χ1) is 8.69. The standard InChI is InChI=1S/C15H16FNO/c1-17-15(12-4-6-13(16)7-5-12)10-11-2-8-14(18)9-3-11/h2-9,15,17-18H,10H2,1H3. The number of hydrogen-bond acceptors (Lipinski definition) is 2. The summed E-state index contributed by atoms with van der Waals surface area (Å²) in [5, 5.41) is 12.5. The van der Waals surface area contributed by atoms with Crippen molar-refractivity contribution in [2.45, 2.75) is 12.5 Å². The van der Waals surface area contributed by atoms with E-state index in [0.29, 0.717) is 0 Å². The van der Waals surface area contributed by atoms with Gasteiger partial charge in [0, 0.05) is 6.04 Å². The number of aromatic hydroxyl groups is 1. The SMILES string of the molecule is CNC(Cc1ccc(O)cc1)c1ccc(F)cc1. The molecule has 0 spiro atoms. The second kappa shape index (κ2) is 5.65. The van der Waals surface area contributed by atoms with Crippen LogP contribution in [0.25, 0.3) is 0 Å². The van der Waals surface area contributed by atoms with Crippen molar-refractivity contribution in [2.75, 3.05) is 7.05 Å². The van der Waals surface area contributed by atoms with Crippen LogP contribution in [0.15, 0.2) is 48.5 Å². The third-order valence-electron chi connectivity index (χ3n) is 3.00. The Bertz CT molecular complexity index is 493. The maximum atomic E-state index is 12.9. The molecule has 0 aromatic heterocycles. The van der Waals surface area contributed by atoms with Crippen molar-refractivity contribution >= 4 is 0 Å². The molecule has 0 radical (unpaired) electrons. The minimum Gasteiger partial charge on any atom is -0.508 e. The average molecular weight is 245 g/mol. The fraction of sp³-hybridized carbons (Fsp3) is 0.200. The Morgan fingerprint density at radius 3 is 2.22 bits per heavy atom. The molecule has 0 aliphatic heterocycles. The van der Waals surface area contributed by atoms with E-state index in [2.05, 4.69) is 5.32 Å². The second-order valence-corrected chi connectivity index (χ2v) is 4.26. The quantitative estimate of drug-likeness (QED) is 0.867. The van der Waals surface area contributed by atoms with Crippen LogP contribution in [0.2, 0.25) is 0 Å². The van der Waals surface area contributed by atoms with Gasteiger partial charge in [0.1, 0.15) is 11.6 Å². The largest absolute Gasteiger partial charge is 0.508 e. The van der Waals surface area contributed by atoms with Gasteiger partial charge in [0.2, 0.25) is 0 Å². The number of halogens is 1. The summed E-state index contributed by atoms with van der Waals surface area (Å²) in [4.78, 5) is 0. The van der Waals surface area contributed by atoms with E-state index >= 15 is 0 Å². The molecule has 0 fully saturated rings. The van der Waals surface area contributed by atoms with Crippen LogP contribution in [0, 0.1) is 5.82 Å². The third-order valence-corrected chi connectivity index (χ3v) is 3.00. The first-order valence-electron chi connectivity index (χ1n) is 5.89. The lowest BCUT2D eigenvalue weighted by Crippen LogP contribution is -2.18. The molecule has 0 aliphatic rings. The van der Waals surface area contributed by atoms with Crippen LogP contribution in [0.4, 0.5) is 4.39 Å². The Morgan fingerprint density at radius 2 is 1.67 bits per heavy atom. The van der Waals surface area contributed by atoms with Gasteiger partial charge in [-0.15, -0.1) is 0 Å². The highest BCUT2D eigenvalue weighted by atomic mass is 19.1. The maximum Gasteiger partial charge on any atom is 0.123 e. The summed E-state index contributed by atoms with van der Waals surface area (Å²) >= 11 is 0. The van der Waals surface area contributed by atoms with Crippen LogP contribution in [-0.4, -0.2) is 12.2 Å². The Labute approximate surface area is 106 Å². The molecule has 2 nitrogen and oxygen atoms in total. The highest BCUT2D eigenvalue weighted by Gasteiger charge is 2.10. The normalized spacial score (nSPS) is 12.3. The third kappa shape index (κ3) is 3.08. The molecule has 2 aromatic rings. The summed E-state index contributed by atoms with van der Waals surface area (Å²) in [6, 6.07) is 13.8. The molecule has 0 saturated heterocycles. The molecule has 0 amide bonds. The number of likely N-dealkylation sites (N-methyl/N-ethyl adjacent to an activating group) is 1. The van der Waals surface area contributed by atoms with E-state index in [1.54, 1.807) is 24.3 Å². The number of phenolic OH excluding ortho intramolecular Hbond substituents is 1. The van der Waals surface area contributed by atoms with E-state index in [1.807, 2.05) is 19.2 Å². The average Bonchev–Trinajstić information content (AvgIpc) is 2.39. The molecule has 0 heterocycles. The van der Waals surface area contributed by atoms with E-state index in [0.717, 1.165) is 17.5 Å². The lowest BCUT2D eigenvalue weighted by molar-refractivity contribution is 0.475. The van der Waals surface area contributed by atoms with Gasteiger partial charge in [0.25, 0.3) is 0 Å². The molecule has 1 unspecified atom stereocenters. The Hall–Kier alpha value is -1.87. The zero-order valence-electron chi connectivity index (χ0n) is 10.2. The lowest BCUT2D eigenvalue weighted by Gasteiger charge is -2.16. The number of phenols is 1. The van der Waals surface area contributed by atoms with Gasteiger partial charge in [-0.05, 0) is 48.9 Å². The van der Waals surface area contributed by atoms with Crippen molar-refractivity contribution < 1.29 is 9.50 Å². The lowest BCUT2D eigenvalue weighted by atomic mass is 9.99. The predicted molar refractivity (Wildman–Crippen MR) is 70.0 cm³/mol. The zero-order chi connectivity index (χ0) is 13.0. The Balaban J connectivity index is 2.14. The smallest absolute Gasteiger partial charge is 0.123 e. The molecule has 94 valence electrons. The van der Waals surface area contributed by atoms with Crippen LogP contribution in [0.3, 0.4) is 0 Å². The molecule has 0 aliphatic carbocycles. The highest BCUT2D eigenvalue weighted by Crippen LogP contribution is 2.20. The van der Waals surface area contributed by atoms with E-state index in [9.17, 15) is 9.50 Å². The van der Waals surface area contributed by atoms with E-state index < -0.39 is 0 Å². The monoisotopic (exact) mass is 245 g/mol. The van der Waals surface area contributed by atoms with E-state index in [-0.39, 0.29) is 17.6 Å². The molecule has 1 atom stereocenters. The van der Waals surface area contributed by atoms with Crippen LogP contribution < -0.4 is 5.32 Å². The fourth-order valence-electron chi connectivity index (χ4n) is 1.95. The van der Waals surface area contributed by atoms with Crippen LogP contribution in [-0.2, 0) is 6.42 Å². The summed E-state index contributed by atoms with van der Waals surface area (Å²) in [6.07, 6.45) is 0.794. The summed E-state index contributed by atoms with van der Waals surface area (Å²) in [6.45, 7) is 0. The Kier molecular flexibility index (Phi) is 3.95. The van der Waals surface area contributed by atoms with Crippen molar-refractivity contribution in [3.63, 3.8) is 0 Å². The van der Waals surface area contributed by atoms with Crippen molar-refractivity contribution in [3.8, 4) is 5.75 Å². The zero-order valence-corrected chi connectivity index (χ0v) is 10.2. The topological polar surface area (TPSA) is 32.3 Å². The Morgan fingerprint density at radius 1 is 1.06 bits per heavy atom. The van der Waals surface area contributed by atoms with E-state index in [1.165, 1.54) is 12.1 Å². The summed E-state index contributed by atoms with van der Waals surface area (Å²) in [5.74, 6) is 0.0415. The van der Waals surface area contributed by atoms with E-state index in [4.69, 9.17) is 0 Å². The van der Waals surface area contributed by atoms with Crippen molar-refractivity contribution in [1.29, 1.82) is 0 Å². The highest BCUT2D eigenvalue weighted by molar-refractivity contribution is 5.28. The van der Waals surface area contributed by atoms with Crippen molar-refractivity contribution in [3.05, 3.63) is 65.5 Å². The number of nitrogens with one attached hydrogen (secondary N) is 1. The van der Waals surface area contributed by atoms with Gasteiger partial charge in [-0.2, -0.15) is 0 Å². The summed E-state index contributed by atoms with van der Waals surface area (Å²) in [7, 11) is 1.88. The van der Waals surface area contributed by atoms with Gasteiger partial charge in [-0.3, -0.25) is 0 Å². The van der Waals surface area contributed by atoms with Crippen LogP contribution >= 0.6 is 0 Å². The predicted octanol–water partition coefficient (Wildman–Crippen LogP) is 3.03. The van der Waals surface area contributed by atoms with Gasteiger partial charge in [-0.25, -0.2) is 4.39 Å². The molecular formula is C15H16FNO. The molecule has 18 heavy (non-hydrogen) atoms. The van der Waals surface area contributed by atoms with Gasteiger partial charge < -0.3 is 10.4 Å². The molecular weight excluding hydrogens is 229 g/mol. The number of benzene rings is 2. The minimum atomic E-state index is -0.224. The van der Waals surface area contributed by atoms with Crippen LogP contribution in [0.1, 0.15) is 17.2 Å². The molecule has 0 saturated carbocycles.